The summed E-state index contributed by atoms with van der Waals surface area (Å²) in [6.07, 6.45) is 2.27. The number of alkyl halides is 2. The molecule has 0 spiro atoms. The van der Waals surface area contributed by atoms with Gasteiger partial charge in [0.25, 0.3) is 10.0 Å². The summed E-state index contributed by atoms with van der Waals surface area (Å²) in [4.78, 5) is 0. The van der Waals surface area contributed by atoms with Crippen LogP contribution in [0.1, 0.15) is 19.3 Å². The SMILES string of the molecule is CN(C1CCCC1CN)S(=O)(=O)C(F)F. The fraction of sp³-hybridized carbons (Fsp3) is 1.00. The van der Waals surface area contributed by atoms with Gasteiger partial charge in [0.05, 0.1) is 0 Å². The van der Waals surface area contributed by atoms with Crippen LogP contribution in [0.5, 0.6) is 0 Å². The smallest absolute Gasteiger partial charge is 0.330 e. The zero-order chi connectivity index (χ0) is 11.6. The molecule has 2 N–H and O–H groups in total. The number of rotatable bonds is 4. The molecule has 0 heterocycles. The van der Waals surface area contributed by atoms with Crippen molar-refractivity contribution < 1.29 is 17.2 Å². The van der Waals surface area contributed by atoms with E-state index in [1.54, 1.807) is 0 Å². The maximum atomic E-state index is 12.3. The molecule has 0 amide bonds. The number of nitrogens with two attached hydrogens (primary N) is 1. The molecule has 15 heavy (non-hydrogen) atoms. The van der Waals surface area contributed by atoms with Crippen molar-refractivity contribution in [3.05, 3.63) is 0 Å². The number of hydrogen-bond donors (Lipinski definition) is 1. The highest BCUT2D eigenvalue weighted by Gasteiger charge is 2.39. The van der Waals surface area contributed by atoms with Crippen molar-refractivity contribution in [2.24, 2.45) is 11.7 Å². The molecule has 0 saturated heterocycles. The Morgan fingerprint density at radius 3 is 2.53 bits per heavy atom. The molecule has 1 fully saturated rings. The molecule has 90 valence electrons. The zero-order valence-corrected chi connectivity index (χ0v) is 9.38. The molecular formula is C8H16F2N2O2S. The third kappa shape index (κ3) is 2.46. The maximum Gasteiger partial charge on any atom is 0.350 e. The van der Waals surface area contributed by atoms with Gasteiger partial charge in [-0.1, -0.05) is 6.42 Å². The van der Waals surface area contributed by atoms with E-state index >= 15 is 0 Å². The highest BCUT2D eigenvalue weighted by molar-refractivity contribution is 7.89. The number of hydrogen-bond acceptors (Lipinski definition) is 3. The summed E-state index contributed by atoms with van der Waals surface area (Å²) in [6.45, 7) is 0.341. The Labute approximate surface area is 88.5 Å². The highest BCUT2D eigenvalue weighted by Crippen LogP contribution is 2.31. The molecule has 1 aliphatic carbocycles. The van der Waals surface area contributed by atoms with Gasteiger partial charge in [0, 0.05) is 13.1 Å². The first-order valence-corrected chi connectivity index (χ1v) is 6.36. The normalized spacial score (nSPS) is 27.9. The molecule has 0 aromatic carbocycles. The molecule has 4 nitrogen and oxygen atoms in total. The standard InChI is InChI=1S/C8H16F2N2O2S/c1-12(15(13,14)8(9)10)7-4-2-3-6(7)5-11/h6-8H,2-5,11H2,1H3. The lowest BCUT2D eigenvalue weighted by Crippen LogP contribution is -2.43. The molecular weight excluding hydrogens is 226 g/mol. The van der Waals surface area contributed by atoms with Gasteiger partial charge in [-0.2, -0.15) is 13.1 Å². The van der Waals surface area contributed by atoms with Crippen molar-refractivity contribution >= 4 is 10.0 Å². The summed E-state index contributed by atoms with van der Waals surface area (Å²) in [7, 11) is -3.25. The first kappa shape index (κ1) is 12.8. The van der Waals surface area contributed by atoms with E-state index < -0.39 is 15.8 Å². The minimum absolute atomic E-state index is 0.00326. The Morgan fingerprint density at radius 2 is 2.07 bits per heavy atom. The van der Waals surface area contributed by atoms with Gasteiger partial charge in [-0.05, 0) is 25.3 Å². The molecule has 1 aliphatic rings. The molecule has 2 atom stereocenters. The Bertz CT molecular complexity index is 308. The predicted octanol–water partition coefficient (Wildman–Crippen LogP) is 0.598. The molecule has 0 aromatic heterocycles. The molecule has 0 aliphatic heterocycles. The van der Waals surface area contributed by atoms with Crippen LogP contribution >= 0.6 is 0 Å². The van der Waals surface area contributed by atoms with E-state index in [-0.39, 0.29) is 12.0 Å². The molecule has 1 rings (SSSR count). The second-order valence-electron chi connectivity index (χ2n) is 3.82. The zero-order valence-electron chi connectivity index (χ0n) is 8.57. The summed E-state index contributed by atoms with van der Waals surface area (Å²) >= 11 is 0. The summed E-state index contributed by atoms with van der Waals surface area (Å²) in [5, 5.41) is 0. The largest absolute Gasteiger partial charge is 0.350 e. The van der Waals surface area contributed by atoms with E-state index in [2.05, 4.69) is 0 Å². The minimum Gasteiger partial charge on any atom is -0.330 e. The lowest BCUT2D eigenvalue weighted by Gasteiger charge is -2.27. The number of sulfonamides is 1. The predicted molar refractivity (Wildman–Crippen MR) is 52.9 cm³/mol. The van der Waals surface area contributed by atoms with Crippen molar-refractivity contribution in [3.63, 3.8) is 0 Å². The highest BCUT2D eigenvalue weighted by atomic mass is 32.2. The van der Waals surface area contributed by atoms with Crippen molar-refractivity contribution in [1.82, 2.24) is 4.31 Å². The number of halogens is 2. The fourth-order valence-electron chi connectivity index (χ4n) is 2.09. The average molecular weight is 242 g/mol. The minimum atomic E-state index is -4.46. The number of nitrogens with zero attached hydrogens (tertiary/aromatic N) is 1. The van der Waals surface area contributed by atoms with Crippen LogP contribution in [0, 0.1) is 5.92 Å². The van der Waals surface area contributed by atoms with Gasteiger partial charge in [0.1, 0.15) is 0 Å². The van der Waals surface area contributed by atoms with E-state index in [4.69, 9.17) is 5.73 Å². The monoisotopic (exact) mass is 242 g/mol. The van der Waals surface area contributed by atoms with Gasteiger partial charge < -0.3 is 5.73 Å². The second kappa shape index (κ2) is 4.71. The third-order valence-corrected chi connectivity index (χ3v) is 4.54. The lowest BCUT2D eigenvalue weighted by atomic mass is 10.0. The lowest BCUT2D eigenvalue weighted by molar-refractivity contribution is 0.208. The maximum absolute atomic E-state index is 12.3. The summed E-state index contributed by atoms with van der Waals surface area (Å²) < 4.78 is 47.8. The third-order valence-electron chi connectivity index (χ3n) is 3.02. The van der Waals surface area contributed by atoms with Gasteiger partial charge in [-0.25, -0.2) is 8.42 Å². The van der Waals surface area contributed by atoms with E-state index in [1.165, 1.54) is 7.05 Å². The second-order valence-corrected chi connectivity index (χ2v) is 5.78. The first-order chi connectivity index (χ1) is 6.91. The van der Waals surface area contributed by atoms with Crippen LogP contribution in [0.15, 0.2) is 0 Å². The Balaban J connectivity index is 2.80. The van der Waals surface area contributed by atoms with E-state index in [9.17, 15) is 17.2 Å². The summed E-state index contributed by atoms with van der Waals surface area (Å²) in [5.74, 6) is -3.34. The van der Waals surface area contributed by atoms with Crippen molar-refractivity contribution in [2.45, 2.75) is 31.1 Å². The molecule has 0 aromatic rings. The van der Waals surface area contributed by atoms with Crippen LogP contribution in [-0.2, 0) is 10.0 Å². The van der Waals surface area contributed by atoms with E-state index in [1.807, 2.05) is 0 Å². The van der Waals surface area contributed by atoms with Crippen molar-refractivity contribution in [2.75, 3.05) is 13.6 Å². The Kier molecular flexibility index (Phi) is 4.02. The van der Waals surface area contributed by atoms with Crippen LogP contribution < -0.4 is 5.73 Å². The molecule has 0 bridgehead atoms. The summed E-state index contributed by atoms with van der Waals surface area (Å²) in [5.41, 5.74) is 5.47. The molecule has 7 heteroatoms. The Hall–Kier alpha value is -0.270. The van der Waals surface area contributed by atoms with Gasteiger partial charge in [-0.15, -0.1) is 0 Å². The van der Waals surface area contributed by atoms with Crippen molar-refractivity contribution in [3.8, 4) is 0 Å². The van der Waals surface area contributed by atoms with Crippen LogP contribution in [0.3, 0.4) is 0 Å². The van der Waals surface area contributed by atoms with Crippen LogP contribution in [0.4, 0.5) is 8.78 Å². The van der Waals surface area contributed by atoms with Crippen LogP contribution in [-0.4, -0.2) is 38.1 Å². The topological polar surface area (TPSA) is 63.4 Å². The first-order valence-electron chi connectivity index (χ1n) is 4.86. The molecule has 2 unspecified atom stereocenters. The van der Waals surface area contributed by atoms with Gasteiger partial charge in [0.15, 0.2) is 0 Å². The average Bonchev–Trinajstić information content (AvgIpc) is 2.63. The summed E-state index contributed by atoms with van der Waals surface area (Å²) in [6, 6.07) is -0.367. The van der Waals surface area contributed by atoms with Crippen molar-refractivity contribution in [1.29, 1.82) is 0 Å². The quantitative estimate of drug-likeness (QED) is 0.785. The Morgan fingerprint density at radius 1 is 1.47 bits per heavy atom. The van der Waals surface area contributed by atoms with E-state index in [0.717, 1.165) is 17.1 Å². The fourth-order valence-corrected chi connectivity index (χ4v) is 2.99. The van der Waals surface area contributed by atoms with Crippen LogP contribution in [0.2, 0.25) is 0 Å². The van der Waals surface area contributed by atoms with Gasteiger partial charge >= 0.3 is 5.76 Å². The van der Waals surface area contributed by atoms with Crippen LogP contribution in [0.25, 0.3) is 0 Å². The molecule has 1 saturated carbocycles. The van der Waals surface area contributed by atoms with E-state index in [0.29, 0.717) is 13.0 Å². The van der Waals surface area contributed by atoms with Gasteiger partial charge in [0.2, 0.25) is 0 Å². The molecule has 0 radical (unpaired) electrons. The van der Waals surface area contributed by atoms with Gasteiger partial charge in [-0.3, -0.25) is 0 Å².